The summed E-state index contributed by atoms with van der Waals surface area (Å²) in [4.78, 5) is 33.2. The van der Waals surface area contributed by atoms with Crippen LogP contribution in [0.1, 0.15) is 127 Å². The lowest BCUT2D eigenvalue weighted by molar-refractivity contribution is -0.318. The number of nitrogens with zero attached hydrogens (tertiary/aromatic N) is 3. The first-order valence-electron chi connectivity index (χ1n) is 27.2. The van der Waals surface area contributed by atoms with Gasteiger partial charge in [0.05, 0.1) is 54.6 Å². The van der Waals surface area contributed by atoms with Crippen LogP contribution >= 0.6 is 12.2 Å². The molecule has 0 saturated carbocycles. The summed E-state index contributed by atoms with van der Waals surface area (Å²) >= 11 is 5.92. The minimum absolute atomic E-state index is 0.0951. The number of cyclic esters (lactones) is 1. The molecule has 3 aliphatic rings. The quantitative estimate of drug-likeness (QED) is 0.0641. The van der Waals surface area contributed by atoms with Crippen molar-refractivity contribution in [2.24, 2.45) is 17.8 Å². The van der Waals surface area contributed by atoms with E-state index in [4.69, 9.17) is 45.4 Å². The van der Waals surface area contributed by atoms with Crippen molar-refractivity contribution in [3.8, 4) is 0 Å². The minimum Gasteiger partial charge on any atom is -0.466 e. The van der Waals surface area contributed by atoms with Crippen molar-refractivity contribution in [3.05, 3.63) is 35.9 Å². The lowest BCUT2D eigenvalue weighted by Gasteiger charge is -2.48. The zero-order valence-corrected chi connectivity index (χ0v) is 47.9. The van der Waals surface area contributed by atoms with E-state index in [1.165, 1.54) is 19.6 Å². The molecule has 1 aromatic rings. The van der Waals surface area contributed by atoms with Gasteiger partial charge in [-0.15, -0.1) is 0 Å². The fourth-order valence-corrected chi connectivity index (χ4v) is 11.7. The number of likely N-dealkylation sites (N-methyl/N-ethyl adjacent to an activating group) is 1. The molecule has 6 N–H and O–H groups in total. The predicted octanol–water partition coefficient (Wildman–Crippen LogP) is 4.42. The van der Waals surface area contributed by atoms with E-state index < -0.39 is 96.0 Å². The van der Waals surface area contributed by atoms with Gasteiger partial charge in [-0.3, -0.25) is 14.5 Å². The summed E-state index contributed by atoms with van der Waals surface area (Å²) < 4.78 is 43.6. The number of carbonyl (C=O) groups is 2. The molecule has 19 heteroatoms. The summed E-state index contributed by atoms with van der Waals surface area (Å²) in [7, 11) is 5.27. The Bertz CT molecular complexity index is 1870. The van der Waals surface area contributed by atoms with Crippen LogP contribution < -0.4 is 5.32 Å². The molecule has 0 unspecified atom stereocenters. The Kier molecular flexibility index (Phi) is 24.9. The summed E-state index contributed by atoms with van der Waals surface area (Å²) in [6.45, 7) is 21.8. The SMILES string of the molecule is CCOC(=O)CCN(CCCN1C[C@H](C)C[C@@](C)(O)[C@H](O[C@@H]2O[C@H](C)C[C@H](N(C)C)[C@H]2O)[C@@H](C)[C@H](O[C@H]2C[C@@](C)(OC)[C@@H](O)[C@H](C)O2)[C@@H](C)C(=O)O[C@H](CC)[C@@](C)(O)[C@H](O)[C@H]1C)C(=S)NCCCc1ccccc1. The van der Waals surface area contributed by atoms with Crippen molar-refractivity contribution in [2.45, 2.75) is 218 Å². The van der Waals surface area contributed by atoms with Gasteiger partial charge in [0.25, 0.3) is 0 Å². The molecule has 426 valence electrons. The highest BCUT2D eigenvalue weighted by Gasteiger charge is 2.53. The van der Waals surface area contributed by atoms with Gasteiger partial charge >= 0.3 is 11.9 Å². The molecule has 0 bridgehead atoms. The second-order valence-electron chi connectivity index (χ2n) is 22.4. The molecule has 0 aromatic heterocycles. The number of thiocarbonyl (C=S) groups is 1. The molecule has 0 spiro atoms. The standard InChI is InChI=1S/C55H96N4O14S/c1-15-42-55(11,66)47(62)38(7)59(28-21-27-58(29-25-43(60)68-16-2)52(74)56-26-20-24-40-22-18-17-19-23-40)33-34(3)31-53(9,65)49(73-51-45(61)41(57(12)13)30-35(4)69-51)36(5)46(37(6)50(64)71-42)72-44-32-54(10,67-14)48(63)39(8)70-44/h17-19,22-23,34-39,41-42,44-49,51,61-63,65-66H,15-16,20-21,24-33H2,1-14H3,(H,56,74)/t34-,35-,36+,37-,38-,39+,41+,42-,44+,45-,46+,47-,48+,49-,51+,53-,54-,55-/m1/s1. The normalized spacial score (nSPS) is 38.1. The van der Waals surface area contributed by atoms with Gasteiger partial charge in [-0.2, -0.15) is 0 Å². The highest BCUT2D eigenvalue weighted by molar-refractivity contribution is 7.80. The van der Waals surface area contributed by atoms with Crippen LogP contribution in [0, 0.1) is 17.8 Å². The molecule has 0 aliphatic carbocycles. The first-order chi connectivity index (χ1) is 34.7. The first kappa shape index (κ1) is 63.9. The summed E-state index contributed by atoms with van der Waals surface area (Å²) in [5.41, 5.74) is -3.45. The number of ether oxygens (including phenoxy) is 7. The molecule has 74 heavy (non-hydrogen) atoms. The summed E-state index contributed by atoms with van der Waals surface area (Å²) in [6, 6.07) is 9.20. The van der Waals surface area contributed by atoms with Crippen LogP contribution in [0.2, 0.25) is 0 Å². The van der Waals surface area contributed by atoms with Crippen molar-refractivity contribution in [2.75, 3.05) is 60.5 Å². The van der Waals surface area contributed by atoms with Crippen molar-refractivity contribution in [1.29, 1.82) is 0 Å². The third kappa shape index (κ3) is 17.2. The lowest BCUT2D eigenvalue weighted by atomic mass is 9.77. The number of aliphatic hydroxyl groups excluding tert-OH is 3. The average Bonchev–Trinajstić information content (AvgIpc) is 3.34. The van der Waals surface area contributed by atoms with Gasteiger partial charge < -0.3 is 73.8 Å². The largest absolute Gasteiger partial charge is 0.466 e. The molecular weight excluding hydrogens is 973 g/mol. The molecular formula is C55H96N4O14S. The van der Waals surface area contributed by atoms with Gasteiger partial charge in [-0.05, 0) is 132 Å². The Labute approximate surface area is 448 Å². The van der Waals surface area contributed by atoms with Crippen LogP contribution in [0.3, 0.4) is 0 Å². The fourth-order valence-electron chi connectivity index (χ4n) is 11.4. The fraction of sp³-hybridized carbons (Fsp3) is 0.836. The van der Waals surface area contributed by atoms with Crippen molar-refractivity contribution in [1.82, 2.24) is 20.0 Å². The van der Waals surface area contributed by atoms with Crippen LogP contribution in [0.5, 0.6) is 0 Å². The highest BCUT2D eigenvalue weighted by atomic mass is 32.1. The van der Waals surface area contributed by atoms with Crippen LogP contribution in [0.4, 0.5) is 0 Å². The van der Waals surface area contributed by atoms with Gasteiger partial charge in [-0.25, -0.2) is 0 Å². The molecule has 3 saturated heterocycles. The second-order valence-corrected chi connectivity index (χ2v) is 22.8. The van der Waals surface area contributed by atoms with E-state index in [-0.39, 0.29) is 56.3 Å². The third-order valence-electron chi connectivity index (χ3n) is 15.8. The maximum Gasteiger partial charge on any atom is 0.311 e. The number of esters is 2. The maximum absolute atomic E-state index is 14.7. The van der Waals surface area contributed by atoms with Gasteiger partial charge in [0.15, 0.2) is 17.7 Å². The van der Waals surface area contributed by atoms with Crippen LogP contribution in [-0.4, -0.2) is 208 Å². The van der Waals surface area contributed by atoms with E-state index in [9.17, 15) is 35.1 Å². The van der Waals surface area contributed by atoms with E-state index in [0.29, 0.717) is 50.7 Å². The van der Waals surface area contributed by atoms with E-state index in [1.807, 2.05) is 69.8 Å². The molecule has 0 amide bonds. The molecule has 1 aromatic carbocycles. The average molecular weight is 1070 g/mol. The van der Waals surface area contributed by atoms with Crippen molar-refractivity contribution < 1.29 is 68.3 Å². The molecule has 3 fully saturated rings. The number of nitrogens with one attached hydrogen (secondary N) is 1. The number of aryl methyl sites for hydroxylation is 1. The summed E-state index contributed by atoms with van der Waals surface area (Å²) in [5.74, 6) is -3.24. The second kappa shape index (κ2) is 28.8. The minimum atomic E-state index is -1.94. The predicted molar refractivity (Wildman–Crippen MR) is 286 cm³/mol. The smallest absolute Gasteiger partial charge is 0.311 e. The molecule has 3 aliphatic heterocycles. The molecule has 3 heterocycles. The third-order valence-corrected chi connectivity index (χ3v) is 16.3. The van der Waals surface area contributed by atoms with Gasteiger partial charge in [-0.1, -0.05) is 51.1 Å². The number of methoxy groups -OCH3 is 1. The summed E-state index contributed by atoms with van der Waals surface area (Å²) in [6.07, 6.45) is -6.76. The van der Waals surface area contributed by atoms with Crippen LogP contribution in [0.25, 0.3) is 0 Å². The summed E-state index contributed by atoms with van der Waals surface area (Å²) in [5, 5.41) is 64.5. The number of hydrogen-bond acceptors (Lipinski definition) is 17. The molecule has 4 rings (SSSR count). The number of rotatable bonds is 19. The number of benzene rings is 1. The number of carbonyl (C=O) groups excluding carboxylic acids is 2. The Hall–Kier alpha value is -2.63. The Balaban J connectivity index is 1.73. The monoisotopic (exact) mass is 1070 g/mol. The molecule has 0 radical (unpaired) electrons. The van der Waals surface area contributed by atoms with Crippen LogP contribution in [-0.2, 0) is 49.2 Å². The van der Waals surface area contributed by atoms with E-state index in [0.717, 1.165) is 12.8 Å². The van der Waals surface area contributed by atoms with E-state index >= 15 is 0 Å². The topological polar surface area (TPSA) is 222 Å². The maximum atomic E-state index is 14.7. The number of aliphatic hydroxyl groups is 5. The van der Waals surface area contributed by atoms with Crippen molar-refractivity contribution >= 4 is 29.3 Å². The highest BCUT2D eigenvalue weighted by Crippen LogP contribution is 2.40. The number of hydrogen-bond donors (Lipinski definition) is 6. The Morgan fingerprint density at radius 1 is 0.932 bits per heavy atom. The Morgan fingerprint density at radius 2 is 1.61 bits per heavy atom. The van der Waals surface area contributed by atoms with E-state index in [2.05, 4.69) is 22.3 Å². The van der Waals surface area contributed by atoms with Crippen molar-refractivity contribution in [3.63, 3.8) is 0 Å². The van der Waals surface area contributed by atoms with Gasteiger partial charge in [0, 0.05) is 64.3 Å². The van der Waals surface area contributed by atoms with Gasteiger partial charge in [0.2, 0.25) is 0 Å². The molecule has 18 atom stereocenters. The zero-order chi connectivity index (χ0) is 55.3. The van der Waals surface area contributed by atoms with Gasteiger partial charge in [0.1, 0.15) is 30.0 Å². The molecule has 18 nitrogen and oxygen atoms in total. The lowest BCUT2D eigenvalue weighted by Crippen LogP contribution is -2.60. The Morgan fingerprint density at radius 3 is 2.23 bits per heavy atom. The first-order valence-corrected chi connectivity index (χ1v) is 27.6. The zero-order valence-electron chi connectivity index (χ0n) is 47.1. The van der Waals surface area contributed by atoms with E-state index in [1.54, 1.807) is 41.5 Å². The van der Waals surface area contributed by atoms with Crippen LogP contribution in [0.15, 0.2) is 30.3 Å².